The fraction of sp³-hybridized carbons (Fsp3) is 0.636. The first kappa shape index (κ1) is 31.2. The van der Waals surface area contributed by atoms with E-state index < -0.39 is 6.10 Å². The molecule has 5 atom stereocenters. The van der Waals surface area contributed by atoms with Gasteiger partial charge in [-0.05, 0) is 55.4 Å². The second-order valence-corrected chi connectivity index (χ2v) is 11.7. The summed E-state index contributed by atoms with van der Waals surface area (Å²) in [4.78, 5) is 2.37. The molecule has 0 spiro atoms. The predicted octanol–water partition coefficient (Wildman–Crippen LogP) is 4.03. The highest BCUT2D eigenvalue weighted by molar-refractivity contribution is 5.61. The summed E-state index contributed by atoms with van der Waals surface area (Å²) in [6.07, 6.45) is 2.29. The second kappa shape index (κ2) is 15.5. The van der Waals surface area contributed by atoms with Gasteiger partial charge in [-0.2, -0.15) is 0 Å². The number of hydrogen-bond acceptors (Lipinski definition) is 9. The molecular formula is C33H48N2O7. The van der Waals surface area contributed by atoms with Crippen molar-refractivity contribution in [1.29, 1.82) is 0 Å². The maximum atomic E-state index is 9.94. The Morgan fingerprint density at radius 1 is 1.05 bits per heavy atom. The lowest BCUT2D eigenvalue weighted by molar-refractivity contribution is -0.130. The van der Waals surface area contributed by atoms with Crippen LogP contribution >= 0.6 is 0 Å². The lowest BCUT2D eigenvalue weighted by Crippen LogP contribution is -2.51. The van der Waals surface area contributed by atoms with E-state index >= 15 is 0 Å². The van der Waals surface area contributed by atoms with Gasteiger partial charge in [0.2, 0.25) is 0 Å². The Kier molecular flexibility index (Phi) is 11.5. The van der Waals surface area contributed by atoms with Gasteiger partial charge in [0.15, 0.2) is 6.29 Å². The molecule has 0 aromatic heterocycles. The van der Waals surface area contributed by atoms with Crippen LogP contribution in [0.15, 0.2) is 42.5 Å². The van der Waals surface area contributed by atoms with Crippen LogP contribution in [0.1, 0.15) is 55.1 Å². The van der Waals surface area contributed by atoms with E-state index in [0.29, 0.717) is 32.2 Å². The van der Waals surface area contributed by atoms with Crippen molar-refractivity contribution in [1.82, 2.24) is 5.32 Å². The Morgan fingerprint density at radius 2 is 1.83 bits per heavy atom. The monoisotopic (exact) mass is 584 g/mol. The highest BCUT2D eigenvalue weighted by Gasteiger charge is 2.36. The number of anilines is 1. The van der Waals surface area contributed by atoms with Crippen molar-refractivity contribution in [3.05, 3.63) is 59.2 Å². The van der Waals surface area contributed by atoms with Crippen LogP contribution in [0.25, 0.3) is 0 Å². The molecule has 0 bridgehead atoms. The first-order valence-corrected chi connectivity index (χ1v) is 15.4. The van der Waals surface area contributed by atoms with Crippen LogP contribution in [-0.2, 0) is 30.3 Å². The summed E-state index contributed by atoms with van der Waals surface area (Å²) in [5, 5.41) is 13.4. The minimum Gasteiger partial charge on any atom is -0.490 e. The molecule has 2 aliphatic heterocycles. The Labute approximate surface area is 250 Å². The summed E-state index contributed by atoms with van der Waals surface area (Å²) in [5.74, 6) is 1.59. The molecule has 5 rings (SSSR count). The average molecular weight is 585 g/mol. The molecule has 2 aromatic rings. The smallest absolute Gasteiger partial charge is 0.183 e. The van der Waals surface area contributed by atoms with Crippen molar-refractivity contribution >= 4 is 5.69 Å². The molecule has 2 aromatic carbocycles. The number of fused-ring (bicyclic) bond motifs is 1. The number of hydrogen-bond donors (Lipinski definition) is 2. The van der Waals surface area contributed by atoms with E-state index in [-0.39, 0.29) is 31.0 Å². The molecule has 9 heteroatoms. The highest BCUT2D eigenvalue weighted by atomic mass is 16.7. The summed E-state index contributed by atoms with van der Waals surface area (Å²) in [6, 6.07) is 14.8. The summed E-state index contributed by atoms with van der Waals surface area (Å²) >= 11 is 0. The number of benzene rings is 2. The molecule has 42 heavy (non-hydrogen) atoms. The van der Waals surface area contributed by atoms with Crippen LogP contribution in [0.3, 0.4) is 0 Å². The van der Waals surface area contributed by atoms with E-state index in [4.69, 9.17) is 28.4 Å². The van der Waals surface area contributed by atoms with Gasteiger partial charge in [-0.3, -0.25) is 0 Å². The molecule has 232 valence electrons. The molecule has 3 aliphatic rings. The fourth-order valence-electron chi connectivity index (χ4n) is 5.81. The van der Waals surface area contributed by atoms with Gasteiger partial charge in [0, 0.05) is 51.9 Å². The van der Waals surface area contributed by atoms with Gasteiger partial charge in [0.1, 0.15) is 12.4 Å². The molecule has 1 saturated carbocycles. The van der Waals surface area contributed by atoms with E-state index in [2.05, 4.69) is 52.7 Å². The third-order valence-corrected chi connectivity index (χ3v) is 8.25. The van der Waals surface area contributed by atoms with Crippen molar-refractivity contribution in [3.8, 4) is 5.75 Å². The van der Waals surface area contributed by atoms with Crippen molar-refractivity contribution < 1.29 is 33.5 Å². The van der Waals surface area contributed by atoms with Crippen LogP contribution in [-0.4, -0.2) is 90.2 Å². The van der Waals surface area contributed by atoms with Crippen molar-refractivity contribution in [2.45, 2.75) is 63.3 Å². The fourth-order valence-corrected chi connectivity index (χ4v) is 5.81. The molecular weight excluding hydrogens is 536 g/mol. The van der Waals surface area contributed by atoms with Gasteiger partial charge in [-0.25, -0.2) is 0 Å². The summed E-state index contributed by atoms with van der Waals surface area (Å²) in [7, 11) is 3.43. The number of piperidine rings is 1. The first-order chi connectivity index (χ1) is 20.6. The lowest BCUT2D eigenvalue weighted by Gasteiger charge is -2.39. The largest absolute Gasteiger partial charge is 0.490 e. The van der Waals surface area contributed by atoms with Gasteiger partial charge in [0.25, 0.3) is 0 Å². The molecule has 0 radical (unpaired) electrons. The molecule has 1 aliphatic carbocycles. The van der Waals surface area contributed by atoms with Crippen LogP contribution in [0.4, 0.5) is 5.69 Å². The molecule has 1 unspecified atom stereocenters. The third-order valence-electron chi connectivity index (χ3n) is 8.25. The van der Waals surface area contributed by atoms with Crippen molar-refractivity contribution in [3.63, 3.8) is 0 Å². The van der Waals surface area contributed by atoms with Crippen molar-refractivity contribution in [2.75, 3.05) is 71.7 Å². The minimum atomic E-state index is -0.537. The second-order valence-electron chi connectivity index (χ2n) is 11.7. The zero-order valence-electron chi connectivity index (χ0n) is 25.3. The average Bonchev–Trinajstić information content (AvgIpc) is 3.84. The number of aliphatic hydroxyl groups excluding tert-OH is 1. The summed E-state index contributed by atoms with van der Waals surface area (Å²) in [5.41, 5.74) is 4.36. The lowest BCUT2D eigenvalue weighted by atomic mass is 9.85. The van der Waals surface area contributed by atoms with Gasteiger partial charge in [-0.15, -0.1) is 0 Å². The maximum Gasteiger partial charge on any atom is 0.183 e. The summed E-state index contributed by atoms with van der Waals surface area (Å²) < 4.78 is 35.7. The minimum absolute atomic E-state index is 0.000991. The predicted molar refractivity (Wildman–Crippen MR) is 161 cm³/mol. The quantitative estimate of drug-likeness (QED) is 0.224. The van der Waals surface area contributed by atoms with E-state index in [1.165, 1.54) is 12.8 Å². The van der Waals surface area contributed by atoms with E-state index in [0.717, 1.165) is 60.9 Å². The van der Waals surface area contributed by atoms with E-state index in [9.17, 15) is 5.11 Å². The van der Waals surface area contributed by atoms with Crippen molar-refractivity contribution in [2.24, 2.45) is 5.92 Å². The van der Waals surface area contributed by atoms with Crippen LogP contribution in [0.2, 0.25) is 0 Å². The third kappa shape index (κ3) is 8.44. The maximum absolute atomic E-state index is 9.94. The molecule has 2 heterocycles. The number of rotatable bonds is 16. The Hall–Kier alpha value is -2.24. The van der Waals surface area contributed by atoms with Gasteiger partial charge >= 0.3 is 0 Å². The van der Waals surface area contributed by atoms with Crippen LogP contribution in [0, 0.1) is 5.92 Å². The standard InChI is InChI=1S/C33H48N2O7/c1-23(36)20-40-30-18-34-19-31(32(30)26-8-10-27(11-9-26)33(38-3)42-21-24-5-6-24)41-22-25-7-12-29-28(17-25)35(14-16-39-29)13-4-15-37-2/h7-12,17,23-24,30-34,36H,4-6,13-16,18-22H2,1-3H3/t23-,30-,31+,32+,33?/m1/s1. The summed E-state index contributed by atoms with van der Waals surface area (Å²) in [6.45, 7) is 7.86. The SMILES string of the molecule is COCCCN1CCOc2ccc(CO[C@H]3CNC[C@@H](OC[C@@H](C)O)[C@@H]3c3ccc(C(OC)OCC4CC4)cc3)cc21. The van der Waals surface area contributed by atoms with Gasteiger partial charge in [-0.1, -0.05) is 30.3 Å². The van der Waals surface area contributed by atoms with Crippen LogP contribution in [0.5, 0.6) is 5.75 Å². The number of aliphatic hydroxyl groups is 1. The number of ether oxygens (including phenoxy) is 6. The molecule has 2 fully saturated rings. The number of methoxy groups -OCH3 is 2. The van der Waals surface area contributed by atoms with Crippen LogP contribution < -0.4 is 15.0 Å². The topological polar surface area (TPSA) is 90.9 Å². The van der Waals surface area contributed by atoms with E-state index in [1.54, 1.807) is 21.1 Å². The first-order valence-electron chi connectivity index (χ1n) is 15.4. The van der Waals surface area contributed by atoms with Gasteiger partial charge < -0.3 is 43.7 Å². The number of nitrogens with one attached hydrogen (secondary N) is 1. The normalized spacial score (nSPS) is 23.7. The molecule has 0 amide bonds. The zero-order valence-corrected chi connectivity index (χ0v) is 25.3. The molecule has 9 nitrogen and oxygen atoms in total. The highest BCUT2D eigenvalue weighted by Crippen LogP contribution is 2.36. The Morgan fingerprint density at radius 3 is 2.55 bits per heavy atom. The number of nitrogens with zero attached hydrogens (tertiary/aromatic N) is 1. The van der Waals surface area contributed by atoms with Gasteiger partial charge in [0.05, 0.1) is 50.4 Å². The molecule has 1 saturated heterocycles. The Bertz CT molecular complexity index is 1090. The molecule has 2 N–H and O–H groups in total. The van der Waals surface area contributed by atoms with E-state index in [1.807, 2.05) is 0 Å². The zero-order chi connectivity index (χ0) is 29.3. The Balaban J connectivity index is 1.29.